The van der Waals surface area contributed by atoms with Crippen LogP contribution in [0.2, 0.25) is 0 Å². The molecule has 0 saturated heterocycles. The summed E-state index contributed by atoms with van der Waals surface area (Å²) in [6, 6.07) is 0. The Morgan fingerprint density at radius 2 is 1.82 bits per heavy atom. The molecule has 0 spiro atoms. The molecule has 0 aliphatic rings. The molecular formula is C10H15Br. The zero-order valence-corrected chi connectivity index (χ0v) is 8.82. The molecule has 0 rings (SSSR count). The first-order valence-electron chi connectivity index (χ1n) is 3.73. The second-order valence-corrected chi connectivity index (χ2v) is 3.10. The average Bonchev–Trinajstić information content (AvgIpc) is 2.00. The highest BCUT2D eigenvalue weighted by Gasteiger charge is 1.89. The predicted molar refractivity (Wildman–Crippen MR) is 56.1 cm³/mol. The lowest BCUT2D eigenvalue weighted by molar-refractivity contribution is 1.26. The molecule has 0 atom stereocenters. The number of halogens is 1. The van der Waals surface area contributed by atoms with Crippen molar-refractivity contribution in [2.45, 2.75) is 20.3 Å². The lowest BCUT2D eigenvalue weighted by Crippen LogP contribution is -1.79. The lowest BCUT2D eigenvalue weighted by Gasteiger charge is -1.98. The summed E-state index contributed by atoms with van der Waals surface area (Å²) in [7, 11) is 0. The number of hydrogen-bond acceptors (Lipinski definition) is 0. The van der Waals surface area contributed by atoms with Crippen molar-refractivity contribution in [2.75, 3.05) is 5.33 Å². The van der Waals surface area contributed by atoms with Gasteiger partial charge in [-0.05, 0) is 20.3 Å². The van der Waals surface area contributed by atoms with Gasteiger partial charge in [0.05, 0.1) is 0 Å². The molecule has 0 heterocycles. The standard InChI is InChI=1S/C10H15Br/c1-4-5-6-9(2)10(3)7-8-11/h4,6-7H,1,5,8H2,2-3H3/b9-6-,10-7-. The van der Waals surface area contributed by atoms with E-state index in [1.54, 1.807) is 0 Å². The fraction of sp³-hybridized carbons (Fsp3) is 0.400. The summed E-state index contributed by atoms with van der Waals surface area (Å²) in [6.45, 7) is 7.91. The van der Waals surface area contributed by atoms with Crippen LogP contribution >= 0.6 is 15.9 Å². The molecule has 0 N–H and O–H groups in total. The average molecular weight is 215 g/mol. The van der Waals surface area contributed by atoms with Crippen LogP contribution in [0.4, 0.5) is 0 Å². The number of rotatable bonds is 4. The topological polar surface area (TPSA) is 0 Å². The van der Waals surface area contributed by atoms with Gasteiger partial charge in [0.1, 0.15) is 0 Å². The van der Waals surface area contributed by atoms with Crippen LogP contribution in [0.25, 0.3) is 0 Å². The molecule has 11 heavy (non-hydrogen) atoms. The van der Waals surface area contributed by atoms with Crippen LogP contribution in [-0.2, 0) is 0 Å². The van der Waals surface area contributed by atoms with Crippen molar-refractivity contribution >= 4 is 15.9 Å². The number of allylic oxidation sites excluding steroid dienone is 5. The van der Waals surface area contributed by atoms with Crippen molar-refractivity contribution in [2.24, 2.45) is 0 Å². The van der Waals surface area contributed by atoms with Crippen LogP contribution < -0.4 is 0 Å². The maximum absolute atomic E-state index is 3.66. The third-order valence-electron chi connectivity index (χ3n) is 1.60. The van der Waals surface area contributed by atoms with Crippen molar-refractivity contribution < 1.29 is 0 Å². The monoisotopic (exact) mass is 214 g/mol. The second kappa shape index (κ2) is 6.41. The first kappa shape index (κ1) is 10.7. The van der Waals surface area contributed by atoms with Crippen LogP contribution in [0.3, 0.4) is 0 Å². The molecule has 0 aromatic carbocycles. The summed E-state index contributed by atoms with van der Waals surface area (Å²) in [4.78, 5) is 0. The maximum Gasteiger partial charge on any atom is 0.0217 e. The molecule has 0 saturated carbocycles. The van der Waals surface area contributed by atoms with Crippen LogP contribution in [0.1, 0.15) is 20.3 Å². The zero-order chi connectivity index (χ0) is 8.69. The van der Waals surface area contributed by atoms with Gasteiger partial charge in [-0.1, -0.05) is 45.3 Å². The Morgan fingerprint density at radius 1 is 1.27 bits per heavy atom. The van der Waals surface area contributed by atoms with Gasteiger partial charge in [0, 0.05) is 5.33 Å². The molecule has 0 fully saturated rings. The van der Waals surface area contributed by atoms with Crippen molar-refractivity contribution in [3.8, 4) is 0 Å². The van der Waals surface area contributed by atoms with E-state index in [4.69, 9.17) is 0 Å². The van der Waals surface area contributed by atoms with E-state index in [2.05, 4.69) is 48.5 Å². The first-order valence-corrected chi connectivity index (χ1v) is 4.85. The van der Waals surface area contributed by atoms with E-state index in [1.165, 1.54) is 11.1 Å². The van der Waals surface area contributed by atoms with E-state index < -0.39 is 0 Å². The van der Waals surface area contributed by atoms with E-state index in [0.717, 1.165) is 11.8 Å². The third kappa shape index (κ3) is 5.02. The van der Waals surface area contributed by atoms with Gasteiger partial charge >= 0.3 is 0 Å². The first-order chi connectivity index (χ1) is 5.22. The van der Waals surface area contributed by atoms with E-state index in [-0.39, 0.29) is 0 Å². The van der Waals surface area contributed by atoms with E-state index in [9.17, 15) is 0 Å². The van der Waals surface area contributed by atoms with Gasteiger partial charge in [0.15, 0.2) is 0 Å². The fourth-order valence-corrected chi connectivity index (χ4v) is 1.18. The minimum Gasteiger partial charge on any atom is -0.103 e. The zero-order valence-electron chi connectivity index (χ0n) is 7.23. The number of alkyl halides is 1. The van der Waals surface area contributed by atoms with Gasteiger partial charge in [0.25, 0.3) is 0 Å². The molecule has 0 radical (unpaired) electrons. The third-order valence-corrected chi connectivity index (χ3v) is 1.92. The van der Waals surface area contributed by atoms with E-state index in [0.29, 0.717) is 0 Å². The molecule has 0 aromatic heterocycles. The summed E-state index contributed by atoms with van der Waals surface area (Å²) in [5.74, 6) is 0. The summed E-state index contributed by atoms with van der Waals surface area (Å²) in [5, 5.41) is 0.929. The Kier molecular flexibility index (Phi) is 6.24. The minimum atomic E-state index is 0.929. The molecule has 0 aromatic rings. The Bertz CT molecular complexity index is 175. The Morgan fingerprint density at radius 3 is 2.27 bits per heavy atom. The predicted octanol–water partition coefficient (Wildman–Crippen LogP) is 3.85. The van der Waals surface area contributed by atoms with E-state index in [1.807, 2.05) is 6.08 Å². The number of hydrogen-bond donors (Lipinski definition) is 0. The lowest BCUT2D eigenvalue weighted by atomic mass is 10.1. The van der Waals surface area contributed by atoms with Gasteiger partial charge in [-0.15, -0.1) is 6.58 Å². The van der Waals surface area contributed by atoms with Gasteiger partial charge in [0.2, 0.25) is 0 Å². The van der Waals surface area contributed by atoms with Gasteiger partial charge in [-0.25, -0.2) is 0 Å². The van der Waals surface area contributed by atoms with Crippen molar-refractivity contribution in [3.63, 3.8) is 0 Å². The van der Waals surface area contributed by atoms with Crippen LogP contribution in [0.5, 0.6) is 0 Å². The summed E-state index contributed by atoms with van der Waals surface area (Å²) >= 11 is 3.36. The highest BCUT2D eigenvalue weighted by Crippen LogP contribution is 2.09. The summed E-state index contributed by atoms with van der Waals surface area (Å²) < 4.78 is 0. The smallest absolute Gasteiger partial charge is 0.0217 e. The summed E-state index contributed by atoms with van der Waals surface area (Å²) in [5.41, 5.74) is 2.67. The van der Waals surface area contributed by atoms with Gasteiger partial charge < -0.3 is 0 Å². The highest BCUT2D eigenvalue weighted by atomic mass is 79.9. The molecule has 0 amide bonds. The van der Waals surface area contributed by atoms with Crippen LogP contribution in [0.15, 0.2) is 36.0 Å². The quantitative estimate of drug-likeness (QED) is 0.379. The molecule has 1 heteroatoms. The maximum atomic E-state index is 3.66. The van der Waals surface area contributed by atoms with Crippen molar-refractivity contribution in [1.29, 1.82) is 0 Å². The Labute approximate surface area is 77.8 Å². The molecule has 62 valence electrons. The van der Waals surface area contributed by atoms with Crippen molar-refractivity contribution in [1.82, 2.24) is 0 Å². The Hall–Kier alpha value is -0.300. The van der Waals surface area contributed by atoms with Gasteiger partial charge in [-0.2, -0.15) is 0 Å². The van der Waals surface area contributed by atoms with Gasteiger partial charge in [-0.3, -0.25) is 0 Å². The largest absolute Gasteiger partial charge is 0.103 e. The minimum absolute atomic E-state index is 0.929. The molecule has 0 nitrogen and oxygen atoms in total. The van der Waals surface area contributed by atoms with Crippen LogP contribution in [-0.4, -0.2) is 5.33 Å². The molecule has 0 unspecified atom stereocenters. The molecule has 0 bridgehead atoms. The van der Waals surface area contributed by atoms with Crippen LogP contribution in [0, 0.1) is 0 Å². The molecule has 0 aliphatic heterocycles. The fourth-order valence-electron chi connectivity index (χ4n) is 0.698. The highest BCUT2D eigenvalue weighted by molar-refractivity contribution is 9.09. The summed E-state index contributed by atoms with van der Waals surface area (Å²) in [6.07, 6.45) is 7.21. The van der Waals surface area contributed by atoms with Crippen molar-refractivity contribution in [3.05, 3.63) is 36.0 Å². The van der Waals surface area contributed by atoms with E-state index >= 15 is 0 Å². The molecule has 0 aliphatic carbocycles. The normalized spacial score (nSPS) is 13.4. The second-order valence-electron chi connectivity index (χ2n) is 2.45. The Balaban J connectivity index is 4.10. The SMILES string of the molecule is C=CC/C=C(C)\C(C)=C/CBr. The molecular weight excluding hydrogens is 200 g/mol.